The number of hydrogen-bond donors (Lipinski definition) is 0. The van der Waals surface area contributed by atoms with Crippen LogP contribution in [0.1, 0.15) is 6.92 Å². The van der Waals surface area contributed by atoms with Gasteiger partial charge in [0.1, 0.15) is 6.61 Å². The van der Waals surface area contributed by atoms with Crippen molar-refractivity contribution in [3.63, 3.8) is 0 Å². The van der Waals surface area contributed by atoms with Crippen LogP contribution in [0.3, 0.4) is 0 Å². The molecule has 0 spiro atoms. The molecule has 0 aliphatic carbocycles. The molecule has 1 aromatic carbocycles. The standard InChI is InChI=1S/C15H15ClN2O3/c1-4-21-18-13-6-5-10(16)7-11(13)15(20)12(8-17(2)3)14(18)9-19/h5-8H,4H2,1-3H3. The van der Waals surface area contributed by atoms with Gasteiger partial charge in [0, 0.05) is 25.3 Å². The zero-order chi connectivity index (χ0) is 15.6. The normalized spacial score (nSPS) is 11.5. The van der Waals surface area contributed by atoms with Gasteiger partial charge in [-0.05, 0) is 25.1 Å². The maximum absolute atomic E-state index is 12.6. The summed E-state index contributed by atoms with van der Waals surface area (Å²) in [5.74, 6) is 1.80. The molecule has 6 heteroatoms. The van der Waals surface area contributed by atoms with Gasteiger partial charge in [0.25, 0.3) is 0 Å². The number of benzene rings is 1. The number of halogens is 1. The van der Waals surface area contributed by atoms with E-state index in [0.29, 0.717) is 22.5 Å². The Hall–Kier alpha value is -2.23. The molecular weight excluding hydrogens is 292 g/mol. The van der Waals surface area contributed by atoms with Gasteiger partial charge in [0.15, 0.2) is 16.7 Å². The zero-order valence-electron chi connectivity index (χ0n) is 12.0. The third kappa shape index (κ3) is 2.79. The first-order valence-corrected chi connectivity index (χ1v) is 6.78. The Morgan fingerprint density at radius 2 is 2.14 bits per heavy atom. The highest BCUT2D eigenvalue weighted by molar-refractivity contribution is 6.31. The van der Waals surface area contributed by atoms with Gasteiger partial charge in [-0.1, -0.05) is 11.6 Å². The van der Waals surface area contributed by atoms with E-state index in [0.717, 1.165) is 0 Å². The monoisotopic (exact) mass is 306 g/mol. The van der Waals surface area contributed by atoms with Gasteiger partial charge in [0.2, 0.25) is 0 Å². The van der Waals surface area contributed by atoms with Gasteiger partial charge in [-0.3, -0.25) is 4.79 Å². The Balaban J connectivity index is 3.15. The van der Waals surface area contributed by atoms with Crippen LogP contribution in [0.4, 0.5) is 0 Å². The summed E-state index contributed by atoms with van der Waals surface area (Å²) >= 11 is 5.96. The highest BCUT2D eigenvalue weighted by atomic mass is 35.5. The molecule has 2 rings (SSSR count). The van der Waals surface area contributed by atoms with Gasteiger partial charge in [-0.15, -0.1) is 0 Å². The van der Waals surface area contributed by atoms with Crippen LogP contribution in [0.15, 0.2) is 23.0 Å². The van der Waals surface area contributed by atoms with Crippen molar-refractivity contribution in [3.8, 4) is 0 Å². The number of nitrogens with zero attached hydrogens (tertiary/aromatic N) is 2. The molecule has 0 fully saturated rings. The fourth-order valence-corrected chi connectivity index (χ4v) is 2.26. The average molecular weight is 307 g/mol. The molecule has 1 aromatic heterocycles. The predicted molar refractivity (Wildman–Crippen MR) is 82.5 cm³/mol. The van der Waals surface area contributed by atoms with Crippen LogP contribution in [0, 0.1) is 0 Å². The quantitative estimate of drug-likeness (QED) is 0.795. The third-order valence-corrected chi connectivity index (χ3v) is 3.10. The molecule has 0 aliphatic rings. The SMILES string of the molecule is CCOn1c(=C=O)c(=CN(C)C)c(=O)c2cc(Cl)ccc21. The Morgan fingerprint density at radius 3 is 2.71 bits per heavy atom. The van der Waals surface area contributed by atoms with E-state index in [9.17, 15) is 9.59 Å². The van der Waals surface area contributed by atoms with Gasteiger partial charge in [0.05, 0.1) is 16.1 Å². The van der Waals surface area contributed by atoms with E-state index < -0.39 is 0 Å². The smallest absolute Gasteiger partial charge is 0.199 e. The first-order valence-electron chi connectivity index (χ1n) is 6.40. The largest absolute Gasteiger partial charge is 0.413 e. The fourth-order valence-electron chi connectivity index (χ4n) is 2.09. The summed E-state index contributed by atoms with van der Waals surface area (Å²) in [5.41, 5.74) is 0.205. The van der Waals surface area contributed by atoms with E-state index in [2.05, 4.69) is 0 Å². The molecule has 0 saturated heterocycles. The number of rotatable bonds is 3. The van der Waals surface area contributed by atoms with Crippen molar-refractivity contribution >= 4 is 34.6 Å². The molecule has 0 bridgehead atoms. The van der Waals surface area contributed by atoms with Crippen molar-refractivity contribution in [2.75, 3.05) is 20.7 Å². The molecule has 0 unspecified atom stereocenters. The topological polar surface area (TPSA) is 51.5 Å². The zero-order valence-corrected chi connectivity index (χ0v) is 12.8. The van der Waals surface area contributed by atoms with Crippen LogP contribution in [0.25, 0.3) is 17.1 Å². The number of hydrogen-bond acceptors (Lipinski definition) is 4. The molecule has 0 saturated carbocycles. The molecule has 110 valence electrons. The van der Waals surface area contributed by atoms with Gasteiger partial charge < -0.3 is 9.74 Å². The Labute approximate surface area is 126 Å². The van der Waals surface area contributed by atoms with E-state index in [1.165, 1.54) is 4.73 Å². The molecule has 21 heavy (non-hydrogen) atoms. The molecule has 0 aliphatic heterocycles. The number of aromatic nitrogens is 1. The highest BCUT2D eigenvalue weighted by Crippen LogP contribution is 2.14. The molecule has 5 nitrogen and oxygen atoms in total. The van der Waals surface area contributed by atoms with Crippen molar-refractivity contribution in [2.24, 2.45) is 0 Å². The van der Waals surface area contributed by atoms with Gasteiger partial charge in [-0.25, -0.2) is 4.79 Å². The summed E-state index contributed by atoms with van der Waals surface area (Å²) in [6.07, 6.45) is 1.57. The molecule has 2 aromatic rings. The minimum absolute atomic E-state index is 0.0605. The summed E-state index contributed by atoms with van der Waals surface area (Å²) in [6.45, 7) is 2.14. The molecule has 0 amide bonds. The minimum Gasteiger partial charge on any atom is -0.413 e. The van der Waals surface area contributed by atoms with Gasteiger partial charge >= 0.3 is 0 Å². The Morgan fingerprint density at radius 1 is 1.43 bits per heavy atom. The lowest BCUT2D eigenvalue weighted by atomic mass is 10.2. The predicted octanol–water partition coefficient (Wildman–Crippen LogP) is -0.0938. The van der Waals surface area contributed by atoms with Crippen LogP contribution in [-0.2, 0) is 4.79 Å². The van der Waals surface area contributed by atoms with E-state index in [1.54, 1.807) is 56.3 Å². The number of fused-ring (bicyclic) bond motifs is 1. The molecular formula is C15H15ClN2O3. The summed E-state index contributed by atoms with van der Waals surface area (Å²) in [4.78, 5) is 31.1. The lowest BCUT2D eigenvalue weighted by Gasteiger charge is -2.12. The summed E-state index contributed by atoms with van der Waals surface area (Å²) < 4.78 is 1.33. The van der Waals surface area contributed by atoms with Crippen molar-refractivity contribution in [3.05, 3.63) is 44.0 Å². The fraction of sp³-hybridized carbons (Fsp3) is 0.267. The van der Waals surface area contributed by atoms with Crippen molar-refractivity contribution in [1.29, 1.82) is 0 Å². The second kappa shape index (κ2) is 6.04. The van der Waals surface area contributed by atoms with Crippen LogP contribution < -0.4 is 20.8 Å². The van der Waals surface area contributed by atoms with E-state index >= 15 is 0 Å². The maximum atomic E-state index is 12.6. The Kier molecular flexibility index (Phi) is 4.36. The first kappa shape index (κ1) is 15.2. The lowest BCUT2D eigenvalue weighted by molar-refractivity contribution is 0.124. The molecule has 0 radical (unpaired) electrons. The van der Waals surface area contributed by atoms with Crippen LogP contribution >= 0.6 is 11.6 Å². The number of carbonyl (C=O) groups excluding carboxylic acids is 1. The summed E-state index contributed by atoms with van der Waals surface area (Å²) in [6, 6.07) is 4.86. The minimum atomic E-state index is -0.282. The highest BCUT2D eigenvalue weighted by Gasteiger charge is 2.10. The third-order valence-electron chi connectivity index (χ3n) is 2.87. The molecule has 1 heterocycles. The maximum Gasteiger partial charge on any atom is 0.199 e. The average Bonchev–Trinajstić information content (AvgIpc) is 2.44. The van der Waals surface area contributed by atoms with Crippen molar-refractivity contribution in [1.82, 2.24) is 9.63 Å². The van der Waals surface area contributed by atoms with E-state index in [-0.39, 0.29) is 16.0 Å². The summed E-state index contributed by atoms with van der Waals surface area (Å²) in [7, 11) is 3.53. The first-order chi connectivity index (χ1) is 9.99. The molecule has 0 atom stereocenters. The lowest BCUT2D eigenvalue weighted by Crippen LogP contribution is -2.49. The van der Waals surface area contributed by atoms with E-state index in [1.807, 2.05) is 0 Å². The van der Waals surface area contributed by atoms with Crippen LogP contribution in [0.2, 0.25) is 5.02 Å². The van der Waals surface area contributed by atoms with Crippen molar-refractivity contribution < 1.29 is 9.63 Å². The van der Waals surface area contributed by atoms with Crippen LogP contribution in [-0.4, -0.2) is 36.3 Å². The molecule has 0 N–H and O–H groups in total. The van der Waals surface area contributed by atoms with Gasteiger partial charge in [-0.2, -0.15) is 4.73 Å². The summed E-state index contributed by atoms with van der Waals surface area (Å²) in [5, 5.41) is 1.12. The number of pyridine rings is 1. The Bertz CT molecular complexity index is 880. The van der Waals surface area contributed by atoms with E-state index in [4.69, 9.17) is 16.4 Å². The second-order valence-electron chi connectivity index (χ2n) is 4.66. The second-order valence-corrected chi connectivity index (χ2v) is 5.10. The van der Waals surface area contributed by atoms with Crippen molar-refractivity contribution in [2.45, 2.75) is 6.92 Å². The van der Waals surface area contributed by atoms with Crippen LogP contribution in [0.5, 0.6) is 0 Å².